The highest BCUT2D eigenvalue weighted by atomic mass is 79.9. The minimum Gasteiger partial charge on any atom is -0.398 e. The summed E-state index contributed by atoms with van der Waals surface area (Å²) < 4.78 is 6.46. The van der Waals surface area contributed by atoms with Gasteiger partial charge in [-0.1, -0.05) is 0 Å². The SMILES string of the molecule is CN(CC1CCCCO1)C(=O)c1ccc(Br)c(N)c1. The molecule has 19 heavy (non-hydrogen) atoms. The number of carbonyl (C=O) groups is 1. The maximum atomic E-state index is 12.3. The van der Waals surface area contributed by atoms with E-state index in [4.69, 9.17) is 10.5 Å². The molecule has 1 unspecified atom stereocenters. The number of amides is 1. The van der Waals surface area contributed by atoms with Crippen LogP contribution in [0.3, 0.4) is 0 Å². The Bertz CT molecular complexity index is 459. The van der Waals surface area contributed by atoms with Crippen LogP contribution in [0.25, 0.3) is 0 Å². The number of benzene rings is 1. The summed E-state index contributed by atoms with van der Waals surface area (Å²) in [6.45, 7) is 1.44. The Morgan fingerprint density at radius 3 is 2.95 bits per heavy atom. The van der Waals surface area contributed by atoms with Crippen molar-refractivity contribution in [2.75, 3.05) is 25.9 Å². The number of ether oxygens (including phenoxy) is 1. The standard InChI is InChI=1S/C14H19BrN2O2/c1-17(9-11-4-2-3-7-19-11)14(18)10-5-6-12(15)13(16)8-10/h5-6,8,11H,2-4,7,9,16H2,1H3. The summed E-state index contributed by atoms with van der Waals surface area (Å²) in [5.74, 6) is -0.0200. The molecule has 0 aromatic heterocycles. The number of nitrogens with two attached hydrogens (primary N) is 1. The molecular formula is C14H19BrN2O2. The molecule has 1 fully saturated rings. The Hall–Kier alpha value is -1.07. The molecule has 4 nitrogen and oxygen atoms in total. The van der Waals surface area contributed by atoms with E-state index in [0.29, 0.717) is 17.8 Å². The topological polar surface area (TPSA) is 55.6 Å². The lowest BCUT2D eigenvalue weighted by atomic mass is 10.1. The van der Waals surface area contributed by atoms with Gasteiger partial charge in [-0.3, -0.25) is 4.79 Å². The van der Waals surface area contributed by atoms with Crippen LogP contribution in [0.15, 0.2) is 22.7 Å². The van der Waals surface area contributed by atoms with E-state index < -0.39 is 0 Å². The largest absolute Gasteiger partial charge is 0.398 e. The van der Waals surface area contributed by atoms with E-state index in [-0.39, 0.29) is 12.0 Å². The van der Waals surface area contributed by atoms with Crippen LogP contribution in [0.2, 0.25) is 0 Å². The summed E-state index contributed by atoms with van der Waals surface area (Å²) in [6.07, 6.45) is 3.49. The molecule has 1 aliphatic rings. The molecule has 1 aromatic rings. The average molecular weight is 327 g/mol. The van der Waals surface area contributed by atoms with Gasteiger partial charge < -0.3 is 15.4 Å². The first-order valence-corrected chi connectivity index (χ1v) is 7.29. The van der Waals surface area contributed by atoms with Crippen molar-refractivity contribution >= 4 is 27.5 Å². The third-order valence-electron chi connectivity index (χ3n) is 3.34. The van der Waals surface area contributed by atoms with Crippen LogP contribution in [0.5, 0.6) is 0 Å². The molecule has 5 heteroatoms. The molecule has 0 saturated carbocycles. The maximum Gasteiger partial charge on any atom is 0.253 e. The van der Waals surface area contributed by atoms with Gasteiger partial charge in [0.2, 0.25) is 0 Å². The molecule has 1 heterocycles. The van der Waals surface area contributed by atoms with E-state index in [1.54, 1.807) is 30.1 Å². The van der Waals surface area contributed by atoms with Crippen LogP contribution < -0.4 is 5.73 Å². The molecule has 0 radical (unpaired) electrons. The normalized spacial score (nSPS) is 19.2. The smallest absolute Gasteiger partial charge is 0.253 e. The number of hydrogen-bond acceptors (Lipinski definition) is 3. The Morgan fingerprint density at radius 2 is 2.32 bits per heavy atom. The first-order valence-electron chi connectivity index (χ1n) is 6.50. The predicted octanol–water partition coefficient (Wildman–Crippen LogP) is 2.67. The van der Waals surface area contributed by atoms with E-state index in [9.17, 15) is 4.79 Å². The molecule has 0 aliphatic carbocycles. The quantitative estimate of drug-likeness (QED) is 0.869. The third kappa shape index (κ3) is 3.70. The van der Waals surface area contributed by atoms with Gasteiger partial charge in [0, 0.05) is 35.9 Å². The van der Waals surface area contributed by atoms with Gasteiger partial charge in [0.25, 0.3) is 5.91 Å². The summed E-state index contributed by atoms with van der Waals surface area (Å²) in [5.41, 5.74) is 6.99. The molecule has 1 saturated heterocycles. The molecule has 2 rings (SSSR count). The summed E-state index contributed by atoms with van der Waals surface area (Å²) in [5, 5.41) is 0. The Kier molecular flexibility index (Phi) is 4.82. The van der Waals surface area contributed by atoms with Crippen molar-refractivity contribution in [3.63, 3.8) is 0 Å². The predicted molar refractivity (Wildman–Crippen MR) is 79.1 cm³/mol. The van der Waals surface area contributed by atoms with Crippen molar-refractivity contribution in [2.24, 2.45) is 0 Å². The van der Waals surface area contributed by atoms with Crippen molar-refractivity contribution in [2.45, 2.75) is 25.4 Å². The van der Waals surface area contributed by atoms with Gasteiger partial charge in [-0.25, -0.2) is 0 Å². The number of rotatable bonds is 3. The van der Waals surface area contributed by atoms with E-state index in [1.807, 2.05) is 0 Å². The molecule has 1 amide bonds. The maximum absolute atomic E-state index is 12.3. The summed E-state index contributed by atoms with van der Waals surface area (Å²) in [6, 6.07) is 5.28. The zero-order valence-corrected chi connectivity index (χ0v) is 12.6. The van der Waals surface area contributed by atoms with Gasteiger partial charge in [-0.2, -0.15) is 0 Å². The van der Waals surface area contributed by atoms with Crippen LogP contribution in [0.1, 0.15) is 29.6 Å². The number of nitrogens with zero attached hydrogens (tertiary/aromatic N) is 1. The van der Waals surface area contributed by atoms with Gasteiger partial charge in [-0.15, -0.1) is 0 Å². The van der Waals surface area contributed by atoms with E-state index in [2.05, 4.69) is 15.9 Å². The van der Waals surface area contributed by atoms with Crippen LogP contribution in [0.4, 0.5) is 5.69 Å². The molecular weight excluding hydrogens is 308 g/mol. The van der Waals surface area contributed by atoms with Crippen molar-refractivity contribution in [3.05, 3.63) is 28.2 Å². The number of likely N-dealkylation sites (N-methyl/N-ethyl adjacent to an activating group) is 1. The van der Waals surface area contributed by atoms with Gasteiger partial charge in [0.15, 0.2) is 0 Å². The molecule has 1 aliphatic heterocycles. The Balaban J connectivity index is 1.99. The van der Waals surface area contributed by atoms with E-state index in [1.165, 1.54) is 6.42 Å². The monoisotopic (exact) mass is 326 g/mol. The highest BCUT2D eigenvalue weighted by molar-refractivity contribution is 9.10. The Morgan fingerprint density at radius 1 is 1.53 bits per heavy atom. The molecule has 1 aromatic carbocycles. The summed E-state index contributed by atoms with van der Waals surface area (Å²) >= 11 is 3.33. The van der Waals surface area contributed by atoms with E-state index in [0.717, 1.165) is 23.9 Å². The fraction of sp³-hybridized carbons (Fsp3) is 0.500. The van der Waals surface area contributed by atoms with Crippen LogP contribution in [-0.2, 0) is 4.74 Å². The van der Waals surface area contributed by atoms with Gasteiger partial charge in [0.1, 0.15) is 0 Å². The number of anilines is 1. The van der Waals surface area contributed by atoms with Gasteiger partial charge >= 0.3 is 0 Å². The van der Waals surface area contributed by atoms with Gasteiger partial charge in [-0.05, 0) is 53.4 Å². The molecule has 0 bridgehead atoms. The van der Waals surface area contributed by atoms with Crippen molar-refractivity contribution in [1.29, 1.82) is 0 Å². The van der Waals surface area contributed by atoms with E-state index >= 15 is 0 Å². The zero-order valence-electron chi connectivity index (χ0n) is 11.1. The zero-order chi connectivity index (χ0) is 13.8. The van der Waals surface area contributed by atoms with Crippen LogP contribution >= 0.6 is 15.9 Å². The number of nitrogen functional groups attached to an aromatic ring is 1. The lowest BCUT2D eigenvalue weighted by Crippen LogP contribution is -2.37. The lowest BCUT2D eigenvalue weighted by molar-refractivity contribution is -0.000185. The number of hydrogen-bond donors (Lipinski definition) is 1. The summed E-state index contributed by atoms with van der Waals surface area (Å²) in [7, 11) is 1.80. The van der Waals surface area contributed by atoms with Crippen LogP contribution in [-0.4, -0.2) is 37.1 Å². The molecule has 2 N–H and O–H groups in total. The second kappa shape index (κ2) is 6.39. The summed E-state index contributed by atoms with van der Waals surface area (Å²) in [4.78, 5) is 14.0. The van der Waals surface area contributed by atoms with Crippen molar-refractivity contribution < 1.29 is 9.53 Å². The Labute approximate surface area is 122 Å². The van der Waals surface area contributed by atoms with Crippen molar-refractivity contribution in [1.82, 2.24) is 4.90 Å². The second-order valence-corrected chi connectivity index (χ2v) is 5.76. The fourth-order valence-electron chi connectivity index (χ4n) is 2.24. The molecule has 1 atom stereocenters. The lowest BCUT2D eigenvalue weighted by Gasteiger charge is -2.27. The molecule has 0 spiro atoms. The third-order valence-corrected chi connectivity index (χ3v) is 4.06. The first kappa shape index (κ1) is 14.3. The highest BCUT2D eigenvalue weighted by Crippen LogP contribution is 2.21. The molecule has 104 valence electrons. The first-order chi connectivity index (χ1) is 9.08. The van der Waals surface area contributed by atoms with Gasteiger partial charge in [0.05, 0.1) is 6.10 Å². The number of carbonyl (C=O) groups excluding carboxylic acids is 1. The van der Waals surface area contributed by atoms with Crippen molar-refractivity contribution in [3.8, 4) is 0 Å². The fourth-order valence-corrected chi connectivity index (χ4v) is 2.48. The van der Waals surface area contributed by atoms with Crippen LogP contribution in [0, 0.1) is 0 Å². The average Bonchev–Trinajstić information content (AvgIpc) is 2.42. The minimum absolute atomic E-state index is 0.0200. The number of halogens is 1. The highest BCUT2D eigenvalue weighted by Gasteiger charge is 2.20. The minimum atomic E-state index is -0.0200. The second-order valence-electron chi connectivity index (χ2n) is 4.91.